The number of nitrogens with one attached hydrogen (secondary N) is 1. The zero-order chi connectivity index (χ0) is 39.5. The van der Waals surface area contributed by atoms with Crippen LogP contribution in [0.1, 0.15) is 55.2 Å². The van der Waals surface area contributed by atoms with E-state index in [1.807, 2.05) is 40.6 Å². The third kappa shape index (κ3) is 9.35. The highest BCUT2D eigenvalue weighted by atomic mass is 32.1. The van der Waals surface area contributed by atoms with Crippen LogP contribution in [0.4, 0.5) is 4.79 Å². The van der Waals surface area contributed by atoms with Gasteiger partial charge in [-0.2, -0.15) is 0 Å². The fourth-order valence-corrected chi connectivity index (χ4v) is 8.80. The molecule has 2 saturated heterocycles. The Balaban J connectivity index is 0.903. The van der Waals surface area contributed by atoms with E-state index in [0.717, 1.165) is 53.4 Å². The molecule has 5 aromatic rings. The molecule has 0 saturated carbocycles. The van der Waals surface area contributed by atoms with Gasteiger partial charge in [0.15, 0.2) is 0 Å². The van der Waals surface area contributed by atoms with Gasteiger partial charge in [0, 0.05) is 55.3 Å². The van der Waals surface area contributed by atoms with Crippen molar-refractivity contribution < 1.29 is 34.0 Å². The van der Waals surface area contributed by atoms with Gasteiger partial charge in [0.2, 0.25) is 0 Å². The van der Waals surface area contributed by atoms with Crippen LogP contribution < -0.4 is 9.61 Å². The second-order valence-corrected chi connectivity index (χ2v) is 17.1. The molecule has 1 spiro atoms. The second-order valence-electron chi connectivity index (χ2n) is 15.3. The Labute approximate surface area is 333 Å². The number of hydrogen-bond acceptors (Lipinski definition) is 12. The number of fused-ring (bicyclic) bond motifs is 1. The largest absolute Gasteiger partial charge is 0.507 e. The SMILES string of the molecule is CC(C)(C)OC(=O)N(CCc1ccc(O)c2[nH]c(=O)sc12)Cc1ccc(OCCN2CCC3(CC2)CN(C(=O)c2csc(-c4ccccc4)n2)CCO3)cc1O. The maximum absolute atomic E-state index is 13.5. The Hall–Kier alpha value is -4.96. The molecule has 3 N–H and O–H groups in total. The van der Waals surface area contributed by atoms with Gasteiger partial charge < -0.3 is 39.2 Å². The van der Waals surface area contributed by atoms with Crippen LogP contribution in [-0.4, -0.2) is 111 Å². The molecule has 56 heavy (non-hydrogen) atoms. The monoisotopic (exact) mass is 801 g/mol. The van der Waals surface area contributed by atoms with Crippen molar-refractivity contribution in [2.24, 2.45) is 0 Å². The molecule has 2 aromatic heterocycles. The third-order valence-electron chi connectivity index (χ3n) is 10.1. The van der Waals surface area contributed by atoms with E-state index in [0.29, 0.717) is 66.5 Å². The summed E-state index contributed by atoms with van der Waals surface area (Å²) in [5.74, 6) is 0.444. The van der Waals surface area contributed by atoms with Crippen molar-refractivity contribution in [1.82, 2.24) is 24.7 Å². The first-order valence-corrected chi connectivity index (χ1v) is 20.5. The minimum Gasteiger partial charge on any atom is -0.507 e. The number of H-pyrrole nitrogens is 1. The number of likely N-dealkylation sites (tertiary alicyclic amines) is 1. The molecule has 2 aliphatic rings. The summed E-state index contributed by atoms with van der Waals surface area (Å²) in [6.45, 7) is 10.0. The van der Waals surface area contributed by atoms with E-state index in [1.54, 1.807) is 45.0 Å². The predicted molar refractivity (Wildman–Crippen MR) is 216 cm³/mol. The summed E-state index contributed by atoms with van der Waals surface area (Å²) >= 11 is 2.49. The number of benzene rings is 3. The summed E-state index contributed by atoms with van der Waals surface area (Å²) < 4.78 is 18.7. The zero-order valence-electron chi connectivity index (χ0n) is 31.8. The minimum absolute atomic E-state index is 0.00524. The quantitative estimate of drug-likeness (QED) is 0.135. The molecule has 2 amide bonds. The number of aromatic nitrogens is 2. The summed E-state index contributed by atoms with van der Waals surface area (Å²) in [6.07, 6.45) is 1.47. The van der Waals surface area contributed by atoms with Crippen molar-refractivity contribution in [3.05, 3.63) is 92.5 Å². The van der Waals surface area contributed by atoms with Gasteiger partial charge >= 0.3 is 11.0 Å². The highest BCUT2D eigenvalue weighted by Gasteiger charge is 2.41. The lowest BCUT2D eigenvalue weighted by molar-refractivity contribution is -0.127. The second kappa shape index (κ2) is 16.6. The highest BCUT2D eigenvalue weighted by molar-refractivity contribution is 7.16. The van der Waals surface area contributed by atoms with Gasteiger partial charge in [0.25, 0.3) is 5.91 Å². The van der Waals surface area contributed by atoms with E-state index < -0.39 is 11.7 Å². The maximum Gasteiger partial charge on any atom is 0.410 e. The van der Waals surface area contributed by atoms with Gasteiger partial charge in [-0.25, -0.2) is 9.78 Å². The van der Waals surface area contributed by atoms with E-state index in [1.165, 1.54) is 22.3 Å². The van der Waals surface area contributed by atoms with E-state index in [4.69, 9.17) is 14.2 Å². The van der Waals surface area contributed by atoms with Gasteiger partial charge in [0.1, 0.15) is 45.7 Å². The van der Waals surface area contributed by atoms with Crippen LogP contribution >= 0.6 is 22.7 Å². The molecular formula is C41H47N5O8S2. The van der Waals surface area contributed by atoms with Crippen molar-refractivity contribution in [2.45, 2.75) is 57.8 Å². The smallest absolute Gasteiger partial charge is 0.410 e. The Morgan fingerprint density at radius 3 is 2.54 bits per heavy atom. The van der Waals surface area contributed by atoms with E-state index in [2.05, 4.69) is 14.9 Å². The molecule has 2 aliphatic heterocycles. The van der Waals surface area contributed by atoms with Crippen molar-refractivity contribution in [3.63, 3.8) is 0 Å². The molecular weight excluding hydrogens is 755 g/mol. The Kier molecular flexibility index (Phi) is 11.7. The predicted octanol–water partition coefficient (Wildman–Crippen LogP) is 6.49. The average Bonchev–Trinajstić information content (AvgIpc) is 3.83. The van der Waals surface area contributed by atoms with Crippen LogP contribution in [0.25, 0.3) is 20.8 Å². The van der Waals surface area contributed by atoms with Crippen molar-refractivity contribution in [3.8, 4) is 27.8 Å². The lowest BCUT2D eigenvalue weighted by Gasteiger charge is -2.47. The maximum atomic E-state index is 13.5. The lowest BCUT2D eigenvalue weighted by Crippen LogP contribution is -2.58. The minimum atomic E-state index is -0.728. The molecule has 0 atom stereocenters. The molecule has 15 heteroatoms. The molecule has 0 bridgehead atoms. The highest BCUT2D eigenvalue weighted by Crippen LogP contribution is 2.33. The number of carbonyl (C=O) groups excluding carboxylic acids is 2. The first-order valence-electron chi connectivity index (χ1n) is 18.8. The first-order chi connectivity index (χ1) is 26.8. The number of ether oxygens (including phenoxy) is 3. The van der Waals surface area contributed by atoms with E-state index in [9.17, 15) is 24.6 Å². The molecule has 296 valence electrons. The number of hydrogen-bond donors (Lipinski definition) is 3. The standard InChI is InChI=1S/C41H47N5O8S2/c1-40(2,3)54-39(51)45(16-13-27-10-12-32(47)34-35(27)56-38(50)43-34)24-29-9-11-30(23-33(29)48)52-21-19-44-17-14-41(15-18-44)26-46(20-22-53-41)37(49)31-25-55-36(42-31)28-7-5-4-6-8-28/h4-12,23,25,47-48H,13-22,24,26H2,1-3H3,(H,43,50). The normalized spacial score (nSPS) is 15.9. The van der Waals surface area contributed by atoms with E-state index in [-0.39, 0.29) is 41.0 Å². The summed E-state index contributed by atoms with van der Waals surface area (Å²) in [7, 11) is 0. The van der Waals surface area contributed by atoms with Crippen molar-refractivity contribution in [2.75, 3.05) is 52.5 Å². The summed E-state index contributed by atoms with van der Waals surface area (Å²) in [6, 6.07) is 18.2. The summed E-state index contributed by atoms with van der Waals surface area (Å²) in [5, 5.41) is 23.9. The molecule has 4 heterocycles. The molecule has 13 nitrogen and oxygen atoms in total. The van der Waals surface area contributed by atoms with Crippen molar-refractivity contribution in [1.29, 1.82) is 0 Å². The van der Waals surface area contributed by atoms with Gasteiger partial charge in [-0.3, -0.25) is 14.5 Å². The van der Waals surface area contributed by atoms with Crippen LogP contribution in [0.5, 0.6) is 17.2 Å². The van der Waals surface area contributed by atoms with E-state index >= 15 is 0 Å². The van der Waals surface area contributed by atoms with Crippen LogP contribution in [0.15, 0.2) is 70.8 Å². The molecule has 0 unspecified atom stereocenters. The molecule has 3 aromatic carbocycles. The van der Waals surface area contributed by atoms with Gasteiger partial charge in [-0.05, 0) is 63.8 Å². The van der Waals surface area contributed by atoms with Crippen LogP contribution in [0, 0.1) is 0 Å². The van der Waals surface area contributed by atoms with Crippen LogP contribution in [-0.2, 0) is 22.4 Å². The molecule has 7 rings (SSSR count). The zero-order valence-corrected chi connectivity index (χ0v) is 33.4. The Bertz CT molecular complexity index is 2220. The lowest BCUT2D eigenvalue weighted by atomic mass is 9.89. The number of morpholine rings is 1. The Morgan fingerprint density at radius 1 is 1.02 bits per heavy atom. The summed E-state index contributed by atoms with van der Waals surface area (Å²) in [4.78, 5) is 51.5. The number of aromatic amines is 1. The number of phenols is 2. The van der Waals surface area contributed by atoms with Crippen LogP contribution in [0.2, 0.25) is 0 Å². The molecule has 0 radical (unpaired) electrons. The van der Waals surface area contributed by atoms with Gasteiger partial charge in [0.05, 0.1) is 30.0 Å². The fraction of sp³-hybridized carbons (Fsp3) is 0.415. The summed E-state index contributed by atoms with van der Waals surface area (Å²) in [5.41, 5.74) is 2.08. The first kappa shape index (κ1) is 39.3. The number of phenolic OH excluding ortho intramolecular Hbond substituents is 2. The Morgan fingerprint density at radius 2 is 1.79 bits per heavy atom. The number of rotatable bonds is 11. The molecule has 2 fully saturated rings. The number of amides is 2. The number of nitrogens with zero attached hydrogens (tertiary/aromatic N) is 4. The topological polar surface area (TPSA) is 158 Å². The number of thiazole rings is 2. The van der Waals surface area contributed by atoms with Crippen LogP contribution in [0.3, 0.4) is 0 Å². The number of carbonyl (C=O) groups is 2. The average molecular weight is 802 g/mol. The molecule has 0 aliphatic carbocycles. The number of aromatic hydroxyl groups is 2. The number of piperidine rings is 1. The fourth-order valence-electron chi connectivity index (χ4n) is 7.10. The van der Waals surface area contributed by atoms with Gasteiger partial charge in [-0.1, -0.05) is 47.7 Å². The van der Waals surface area contributed by atoms with Gasteiger partial charge in [-0.15, -0.1) is 11.3 Å². The third-order valence-corrected chi connectivity index (χ3v) is 11.9. The van der Waals surface area contributed by atoms with Crippen molar-refractivity contribution >= 4 is 44.9 Å².